The van der Waals surface area contributed by atoms with Gasteiger partial charge in [-0.05, 0) is 92.5 Å². The number of aromatic nitrogens is 2. The highest BCUT2D eigenvalue weighted by Crippen LogP contribution is 2.38. The molecule has 0 bridgehead atoms. The minimum absolute atomic E-state index is 0.0699. The van der Waals surface area contributed by atoms with Gasteiger partial charge in [-0.15, -0.1) is 0 Å². The maximum absolute atomic E-state index is 14.3. The molecule has 53 heavy (non-hydrogen) atoms. The molecule has 6 rings (SSSR count). The minimum atomic E-state index is -0.759. The summed E-state index contributed by atoms with van der Waals surface area (Å²) in [6, 6.07) is 13.7. The number of piperidine rings is 1. The third-order valence-electron chi connectivity index (χ3n) is 10.3. The van der Waals surface area contributed by atoms with Crippen molar-refractivity contribution in [2.24, 2.45) is 17.8 Å². The van der Waals surface area contributed by atoms with Crippen LogP contribution in [0.2, 0.25) is 5.02 Å². The first kappa shape index (κ1) is 37.7. The van der Waals surface area contributed by atoms with Crippen molar-refractivity contribution in [3.8, 4) is 11.5 Å². The number of carbonyl (C=O) groups excluding carboxylic acids is 4. The Labute approximate surface area is 314 Å². The summed E-state index contributed by atoms with van der Waals surface area (Å²) in [5.74, 6) is -0.907. The number of nitrogens with one attached hydrogen (secondary N) is 3. The molecule has 3 unspecified atom stereocenters. The molecule has 4 amide bonds. The molecule has 2 fully saturated rings. The normalized spacial score (nSPS) is 18.8. The predicted molar refractivity (Wildman–Crippen MR) is 202 cm³/mol. The van der Waals surface area contributed by atoms with Crippen LogP contribution in [0, 0.1) is 17.8 Å². The van der Waals surface area contributed by atoms with Gasteiger partial charge in [-0.25, -0.2) is 0 Å². The van der Waals surface area contributed by atoms with Crippen molar-refractivity contribution in [3.63, 3.8) is 0 Å². The van der Waals surface area contributed by atoms with Crippen LogP contribution in [0.5, 0.6) is 11.5 Å². The number of hydrogen-bond acceptors (Lipinski definition) is 7. The summed E-state index contributed by atoms with van der Waals surface area (Å²) in [4.78, 5) is 66.1. The molecule has 280 valence electrons. The van der Waals surface area contributed by atoms with Gasteiger partial charge in [0, 0.05) is 73.3 Å². The Bertz CT molecular complexity index is 1950. The number of ether oxygens (including phenoxy) is 2. The Hall–Kier alpha value is -5.10. The number of methoxy groups -OCH3 is 1. The Kier molecular flexibility index (Phi) is 11.9. The number of fused-ring (bicyclic) bond motifs is 2. The summed E-state index contributed by atoms with van der Waals surface area (Å²) >= 11 is 6.19. The van der Waals surface area contributed by atoms with Crippen LogP contribution in [0.4, 0.5) is 0 Å². The fraction of sp³-hybridized carbons (Fsp3) is 0.425. The second kappa shape index (κ2) is 16.7. The molecule has 2 aromatic heterocycles. The molecule has 0 radical (unpaired) electrons. The molecule has 2 saturated heterocycles. The molecule has 0 spiro atoms. The first-order chi connectivity index (χ1) is 25.5. The van der Waals surface area contributed by atoms with Crippen LogP contribution in [-0.4, -0.2) is 95.9 Å². The van der Waals surface area contributed by atoms with Crippen molar-refractivity contribution in [2.75, 3.05) is 40.3 Å². The van der Waals surface area contributed by atoms with E-state index in [9.17, 15) is 19.2 Å². The Balaban J connectivity index is 1.22. The summed E-state index contributed by atoms with van der Waals surface area (Å²) in [6.07, 6.45) is 7.19. The maximum Gasteiger partial charge on any atom is 0.254 e. The van der Waals surface area contributed by atoms with Crippen LogP contribution < -0.4 is 20.1 Å². The number of hydrogen-bond donors (Lipinski definition) is 3. The van der Waals surface area contributed by atoms with Gasteiger partial charge in [0.15, 0.2) is 11.5 Å². The average molecular weight is 743 g/mol. The molecule has 13 heteroatoms. The number of benzene rings is 2. The summed E-state index contributed by atoms with van der Waals surface area (Å²) < 4.78 is 11.4. The number of aryl methyl sites for hydroxylation is 1. The highest BCUT2D eigenvalue weighted by Gasteiger charge is 2.48. The molecule has 4 atom stereocenters. The molecule has 12 nitrogen and oxygen atoms in total. The minimum Gasteiger partial charge on any atom is -0.493 e. The van der Waals surface area contributed by atoms with E-state index in [1.807, 2.05) is 44.3 Å². The number of halogens is 1. The molecule has 0 saturated carbocycles. The third kappa shape index (κ3) is 8.76. The summed E-state index contributed by atoms with van der Waals surface area (Å²) in [5.41, 5.74) is 3.16. The lowest BCUT2D eigenvalue weighted by Gasteiger charge is -2.40. The molecule has 4 aromatic rings. The second-order valence-electron chi connectivity index (χ2n) is 14.2. The van der Waals surface area contributed by atoms with Crippen molar-refractivity contribution in [3.05, 3.63) is 88.8 Å². The van der Waals surface area contributed by atoms with Gasteiger partial charge in [-0.3, -0.25) is 24.2 Å². The van der Waals surface area contributed by atoms with Crippen LogP contribution in [0.25, 0.3) is 10.9 Å². The van der Waals surface area contributed by atoms with E-state index in [2.05, 4.69) is 20.6 Å². The van der Waals surface area contributed by atoms with E-state index < -0.39 is 12.0 Å². The van der Waals surface area contributed by atoms with Crippen LogP contribution in [0.3, 0.4) is 0 Å². The number of amides is 4. The number of likely N-dealkylation sites (tertiary alicyclic amines) is 2. The van der Waals surface area contributed by atoms with Gasteiger partial charge in [0.1, 0.15) is 6.04 Å². The molecule has 0 aliphatic carbocycles. The average Bonchev–Trinajstić information content (AvgIpc) is 3.77. The van der Waals surface area contributed by atoms with E-state index in [4.69, 9.17) is 21.1 Å². The highest BCUT2D eigenvalue weighted by molar-refractivity contribution is 6.31. The van der Waals surface area contributed by atoms with E-state index in [1.165, 1.54) is 7.11 Å². The van der Waals surface area contributed by atoms with Crippen molar-refractivity contribution < 1.29 is 28.7 Å². The van der Waals surface area contributed by atoms with Gasteiger partial charge in [0.2, 0.25) is 17.7 Å². The third-order valence-corrected chi connectivity index (χ3v) is 10.5. The lowest BCUT2D eigenvalue weighted by molar-refractivity contribution is -0.140. The topological polar surface area (TPSA) is 146 Å². The lowest BCUT2D eigenvalue weighted by Crippen LogP contribution is -2.56. The molecule has 3 N–H and O–H groups in total. The zero-order valence-electron chi connectivity index (χ0n) is 30.6. The van der Waals surface area contributed by atoms with Gasteiger partial charge >= 0.3 is 0 Å². The van der Waals surface area contributed by atoms with E-state index in [-0.39, 0.29) is 54.5 Å². The van der Waals surface area contributed by atoms with Gasteiger partial charge < -0.3 is 34.9 Å². The van der Waals surface area contributed by atoms with Crippen LogP contribution in [0.15, 0.2) is 67.1 Å². The molecule has 2 aliphatic rings. The fourth-order valence-corrected chi connectivity index (χ4v) is 7.79. The van der Waals surface area contributed by atoms with Crippen LogP contribution in [-0.2, 0) is 27.2 Å². The summed E-state index contributed by atoms with van der Waals surface area (Å²) in [6.45, 7) is 5.12. The van der Waals surface area contributed by atoms with Crippen molar-refractivity contribution in [2.45, 2.75) is 51.7 Å². The SMILES string of the molecule is CNC(=O)[C@H](CCCc1cccnc1)NC(=O)C1CN(C(=O)Cc2c[nH]c3cc(Cl)ccc23)CC2CN(C(=O)c3ccc(OC(C)C)c(OC)c3)CC21. The van der Waals surface area contributed by atoms with E-state index >= 15 is 0 Å². The van der Waals surface area contributed by atoms with E-state index in [1.54, 1.807) is 53.5 Å². The van der Waals surface area contributed by atoms with Crippen molar-refractivity contribution >= 4 is 46.1 Å². The smallest absolute Gasteiger partial charge is 0.254 e. The number of likely N-dealkylation sites (N-methyl/N-ethyl adjacent to an activating group) is 1. The summed E-state index contributed by atoms with van der Waals surface area (Å²) in [5, 5.41) is 7.22. The number of rotatable bonds is 13. The van der Waals surface area contributed by atoms with Crippen LogP contribution >= 0.6 is 11.6 Å². The van der Waals surface area contributed by atoms with Crippen LogP contribution in [0.1, 0.15) is 48.2 Å². The zero-order valence-corrected chi connectivity index (χ0v) is 31.3. The lowest BCUT2D eigenvalue weighted by atomic mass is 9.79. The maximum atomic E-state index is 14.3. The van der Waals surface area contributed by atoms with Gasteiger partial charge in [-0.2, -0.15) is 0 Å². The van der Waals surface area contributed by atoms with Gasteiger partial charge in [0.05, 0.1) is 25.6 Å². The number of H-pyrrole nitrogens is 1. The highest BCUT2D eigenvalue weighted by atomic mass is 35.5. The molecular weight excluding hydrogens is 696 g/mol. The molecular formula is C40H47ClN6O6. The second-order valence-corrected chi connectivity index (χ2v) is 14.6. The van der Waals surface area contributed by atoms with Gasteiger partial charge in [-0.1, -0.05) is 23.7 Å². The first-order valence-electron chi connectivity index (χ1n) is 18.1. The Morgan fingerprint density at radius 1 is 1.02 bits per heavy atom. The monoisotopic (exact) mass is 742 g/mol. The van der Waals surface area contributed by atoms with E-state index in [0.29, 0.717) is 61.0 Å². The number of nitrogens with zero attached hydrogens (tertiary/aromatic N) is 3. The zero-order chi connectivity index (χ0) is 37.6. The number of pyridine rings is 1. The first-order valence-corrected chi connectivity index (χ1v) is 18.5. The summed E-state index contributed by atoms with van der Waals surface area (Å²) in [7, 11) is 3.08. The molecule has 4 heterocycles. The molecule has 2 aliphatic heterocycles. The fourth-order valence-electron chi connectivity index (χ4n) is 7.61. The Morgan fingerprint density at radius 3 is 2.57 bits per heavy atom. The molecule has 2 aromatic carbocycles. The standard InChI is InChI=1S/C40H47ClN6O6/c1-24(2)53-35-13-10-26(15-36(35)52-4)40(51)47-21-28-20-46(37(48)16-27-19-44-34-17-29(41)11-12-30(27)34)23-32(31(28)22-47)38(49)45-33(39(50)42-3)9-5-7-25-8-6-14-43-18-25/h6,8,10-15,17-19,24,28,31-33,44H,5,7,9,16,20-23H2,1-4H3,(H,42,50)(H,45,49)/t28?,31?,32?,33-/m0/s1. The van der Waals surface area contributed by atoms with Crippen molar-refractivity contribution in [1.29, 1.82) is 0 Å². The van der Waals surface area contributed by atoms with Crippen molar-refractivity contribution in [1.82, 2.24) is 30.4 Å². The number of aromatic amines is 1. The Morgan fingerprint density at radius 2 is 1.83 bits per heavy atom. The largest absolute Gasteiger partial charge is 0.493 e. The van der Waals surface area contributed by atoms with E-state index in [0.717, 1.165) is 22.0 Å². The quantitative estimate of drug-likeness (QED) is 0.181. The van der Waals surface area contributed by atoms with Gasteiger partial charge in [0.25, 0.3) is 5.91 Å². The predicted octanol–water partition coefficient (Wildman–Crippen LogP) is 4.66. The number of carbonyl (C=O) groups is 4.